The number of benzene rings is 2. The van der Waals surface area contributed by atoms with Gasteiger partial charge in [0.2, 0.25) is 6.29 Å². The Bertz CT molecular complexity index is 1050. The number of carbonyl (C=O) groups excluding carboxylic acids is 1. The van der Waals surface area contributed by atoms with E-state index in [4.69, 9.17) is 13.9 Å². The van der Waals surface area contributed by atoms with Crippen LogP contribution in [0.25, 0.3) is 0 Å². The fourth-order valence-electron chi connectivity index (χ4n) is 6.42. The minimum absolute atomic E-state index is 0.0737. The number of carbonyl (C=O) groups is 1. The van der Waals surface area contributed by atoms with E-state index in [1.807, 2.05) is 0 Å². The molecule has 3 aliphatic rings. The summed E-state index contributed by atoms with van der Waals surface area (Å²) in [5.41, 5.74) is 0.0483. The summed E-state index contributed by atoms with van der Waals surface area (Å²) >= 11 is 0. The third-order valence-electron chi connectivity index (χ3n) is 8.33. The second-order valence-corrected chi connectivity index (χ2v) is 15.8. The van der Waals surface area contributed by atoms with Crippen molar-refractivity contribution in [1.82, 2.24) is 0 Å². The number of ether oxygens (including phenoxy) is 2. The molecule has 2 saturated heterocycles. The fourth-order valence-corrected chi connectivity index (χ4v) is 11.0. The minimum atomic E-state index is -2.63. The van der Waals surface area contributed by atoms with E-state index >= 15 is 0 Å². The van der Waals surface area contributed by atoms with Crippen molar-refractivity contribution in [1.29, 1.82) is 0 Å². The van der Waals surface area contributed by atoms with Crippen molar-refractivity contribution in [3.8, 4) is 0 Å². The molecule has 0 unspecified atom stereocenters. The first kappa shape index (κ1) is 23.5. The number of fused-ring (bicyclic) bond motifs is 1. The van der Waals surface area contributed by atoms with Crippen LogP contribution >= 0.6 is 0 Å². The molecule has 2 aromatic carbocycles. The zero-order valence-electron chi connectivity index (χ0n) is 21.0. The van der Waals surface area contributed by atoms with Gasteiger partial charge in [-0.2, -0.15) is 0 Å². The van der Waals surface area contributed by atoms with Crippen molar-refractivity contribution in [3.63, 3.8) is 0 Å². The normalized spacial score (nSPS) is 31.0. The topological polar surface area (TPSA) is 44.8 Å². The third-order valence-corrected chi connectivity index (χ3v) is 13.3. The van der Waals surface area contributed by atoms with Crippen LogP contribution < -0.4 is 10.4 Å². The van der Waals surface area contributed by atoms with Crippen molar-refractivity contribution < 1.29 is 18.7 Å². The first-order chi connectivity index (χ1) is 16.1. The van der Waals surface area contributed by atoms with Gasteiger partial charge in [0.15, 0.2) is 5.60 Å². The molecule has 4 nitrogen and oxygen atoms in total. The largest absolute Gasteiger partial charge is 0.434 e. The van der Waals surface area contributed by atoms with E-state index in [2.05, 4.69) is 101 Å². The molecule has 180 valence electrons. The lowest BCUT2D eigenvalue weighted by Gasteiger charge is -2.49. The minimum Gasteiger partial charge on any atom is -0.434 e. The summed E-state index contributed by atoms with van der Waals surface area (Å²) in [6.07, 6.45) is 4.20. The smallest absolute Gasteiger partial charge is 0.341 e. The van der Waals surface area contributed by atoms with Gasteiger partial charge in [-0.25, -0.2) is 4.79 Å². The molecule has 4 atom stereocenters. The highest BCUT2D eigenvalue weighted by molar-refractivity contribution is 6.99. The van der Waals surface area contributed by atoms with Crippen molar-refractivity contribution in [3.05, 3.63) is 72.3 Å². The molecule has 0 N–H and O–H groups in total. The molecule has 2 heterocycles. The van der Waals surface area contributed by atoms with E-state index in [9.17, 15) is 4.79 Å². The lowest BCUT2D eigenvalue weighted by molar-refractivity contribution is -0.175. The number of hydrogen-bond donors (Lipinski definition) is 0. The van der Waals surface area contributed by atoms with Gasteiger partial charge in [0.1, 0.15) is 0 Å². The second-order valence-electron chi connectivity index (χ2n) is 11.5. The van der Waals surface area contributed by atoms with Crippen molar-refractivity contribution in [2.45, 2.75) is 70.8 Å². The standard InChI is InChI=1S/C29H36O4Si/c1-21-18-29-26(30)32-25(33-29)16-17-28(29,5)19-22(21)20-31-34(27(2,3)4,23-12-8-6-9-13-23)24-14-10-7-11-15-24/h6-15,19,21,25H,16-18,20H2,1-5H3/t21-,25-,28-,29-/m0/s1. The highest BCUT2D eigenvalue weighted by Gasteiger charge is 2.65. The van der Waals surface area contributed by atoms with Crippen LogP contribution in [0.2, 0.25) is 5.04 Å². The molecule has 0 radical (unpaired) electrons. The Hall–Kier alpha value is -2.21. The summed E-state index contributed by atoms with van der Waals surface area (Å²) in [6, 6.07) is 21.5. The van der Waals surface area contributed by atoms with Gasteiger partial charge in [-0.3, -0.25) is 0 Å². The summed E-state index contributed by atoms with van der Waals surface area (Å²) < 4.78 is 19.0. The van der Waals surface area contributed by atoms with Crippen molar-refractivity contribution in [2.75, 3.05) is 6.61 Å². The molecule has 34 heavy (non-hydrogen) atoms. The van der Waals surface area contributed by atoms with Gasteiger partial charge in [-0.1, -0.05) is 101 Å². The van der Waals surface area contributed by atoms with Crippen LogP contribution in [-0.2, 0) is 18.7 Å². The Morgan fingerprint density at radius 1 is 1.03 bits per heavy atom. The monoisotopic (exact) mass is 476 g/mol. The van der Waals surface area contributed by atoms with E-state index in [-0.39, 0.29) is 28.6 Å². The quantitative estimate of drug-likeness (QED) is 0.347. The predicted octanol–water partition coefficient (Wildman–Crippen LogP) is 4.97. The molecule has 2 bridgehead atoms. The average molecular weight is 477 g/mol. The SMILES string of the molecule is C[C@H]1C[C@@]23O[C@@H](CC[C@@]2(C)C=C1CO[Si](c1ccccc1)(c1ccccc1)C(C)(C)C)OC3=O. The molecule has 5 rings (SSSR count). The van der Waals surface area contributed by atoms with Crippen molar-refractivity contribution in [2.24, 2.45) is 11.3 Å². The Morgan fingerprint density at radius 3 is 2.18 bits per heavy atom. The maximum Gasteiger partial charge on any atom is 0.341 e. The van der Waals surface area contributed by atoms with Gasteiger partial charge in [0.25, 0.3) is 8.32 Å². The molecular formula is C29H36O4Si. The Morgan fingerprint density at radius 2 is 1.62 bits per heavy atom. The predicted molar refractivity (Wildman–Crippen MR) is 136 cm³/mol. The maximum atomic E-state index is 12.9. The van der Waals surface area contributed by atoms with Gasteiger partial charge in [0.05, 0.1) is 6.61 Å². The average Bonchev–Trinajstić information content (AvgIpc) is 3.08. The van der Waals surface area contributed by atoms with Crippen LogP contribution in [-0.4, -0.2) is 32.8 Å². The molecule has 0 saturated carbocycles. The Balaban J connectivity index is 1.55. The summed E-state index contributed by atoms with van der Waals surface area (Å²) in [5, 5.41) is 2.49. The molecule has 1 spiro atoms. The molecule has 2 aromatic rings. The van der Waals surface area contributed by atoms with Gasteiger partial charge >= 0.3 is 5.97 Å². The number of esters is 1. The highest BCUT2D eigenvalue weighted by atomic mass is 28.4. The fraction of sp³-hybridized carbons (Fsp3) is 0.483. The molecule has 0 aromatic heterocycles. The van der Waals surface area contributed by atoms with E-state index < -0.39 is 13.9 Å². The number of rotatable bonds is 5. The number of hydrogen-bond acceptors (Lipinski definition) is 4. The van der Waals surface area contributed by atoms with Gasteiger partial charge < -0.3 is 13.9 Å². The van der Waals surface area contributed by atoms with Gasteiger partial charge in [0, 0.05) is 11.8 Å². The summed E-state index contributed by atoms with van der Waals surface area (Å²) in [6.45, 7) is 11.8. The summed E-state index contributed by atoms with van der Waals surface area (Å²) in [5.74, 6) is -0.0109. The summed E-state index contributed by atoms with van der Waals surface area (Å²) in [7, 11) is -2.63. The third kappa shape index (κ3) is 3.43. The van der Waals surface area contributed by atoms with E-state index in [0.717, 1.165) is 12.8 Å². The van der Waals surface area contributed by atoms with Crippen LogP contribution in [0.4, 0.5) is 0 Å². The van der Waals surface area contributed by atoms with E-state index in [1.54, 1.807) is 0 Å². The Kier molecular flexibility index (Phi) is 5.66. The van der Waals surface area contributed by atoms with E-state index in [1.165, 1.54) is 15.9 Å². The van der Waals surface area contributed by atoms with Crippen molar-refractivity contribution >= 4 is 24.7 Å². The van der Waals surface area contributed by atoms with Crippen LogP contribution in [0.1, 0.15) is 53.9 Å². The maximum absolute atomic E-state index is 12.9. The first-order valence-electron chi connectivity index (χ1n) is 12.5. The zero-order valence-corrected chi connectivity index (χ0v) is 22.0. The molecule has 5 heteroatoms. The van der Waals surface area contributed by atoms with Crippen LogP contribution in [0.5, 0.6) is 0 Å². The van der Waals surface area contributed by atoms with Gasteiger partial charge in [-0.15, -0.1) is 0 Å². The van der Waals surface area contributed by atoms with Crippen LogP contribution in [0.15, 0.2) is 72.3 Å². The Labute approximate surface area is 204 Å². The van der Waals surface area contributed by atoms with E-state index in [0.29, 0.717) is 13.0 Å². The highest BCUT2D eigenvalue weighted by Crippen LogP contribution is 2.57. The molecule has 2 fully saturated rings. The summed E-state index contributed by atoms with van der Waals surface area (Å²) in [4.78, 5) is 12.9. The van der Waals surface area contributed by atoms with Crippen LogP contribution in [0.3, 0.4) is 0 Å². The van der Waals surface area contributed by atoms with Gasteiger partial charge in [-0.05, 0) is 39.7 Å². The molecular weight excluding hydrogens is 440 g/mol. The van der Waals surface area contributed by atoms with Crippen LogP contribution in [0, 0.1) is 11.3 Å². The zero-order chi connectivity index (χ0) is 24.2. The first-order valence-corrected chi connectivity index (χ1v) is 14.4. The molecule has 1 aliphatic carbocycles. The second kappa shape index (κ2) is 8.18. The lowest BCUT2D eigenvalue weighted by atomic mass is 9.60. The lowest BCUT2D eigenvalue weighted by Crippen LogP contribution is -2.67. The molecule has 2 aliphatic heterocycles. The molecule has 0 amide bonds.